The van der Waals surface area contributed by atoms with Gasteiger partial charge in [-0.15, -0.1) is 0 Å². The number of carbonyl (C=O) groups excluding carboxylic acids is 1. The third kappa shape index (κ3) is 4.22. The van der Waals surface area contributed by atoms with Gasteiger partial charge in [0.2, 0.25) is 0 Å². The molecule has 21 heavy (non-hydrogen) atoms. The number of nitrogens with zero attached hydrogens (tertiary/aromatic N) is 3. The predicted octanol–water partition coefficient (Wildman–Crippen LogP) is 3.41. The number of imidazole rings is 1. The molecular weight excluding hydrogens is 266 g/mol. The largest absolute Gasteiger partial charge is 0.447 e. The summed E-state index contributed by atoms with van der Waals surface area (Å²) in [6.07, 6.45) is 8.11. The summed E-state index contributed by atoms with van der Waals surface area (Å²) in [6.45, 7) is 8.49. The van der Waals surface area contributed by atoms with Gasteiger partial charge in [-0.2, -0.15) is 0 Å². The molecule has 1 aromatic heterocycles. The van der Waals surface area contributed by atoms with E-state index in [1.165, 1.54) is 6.42 Å². The van der Waals surface area contributed by atoms with E-state index in [9.17, 15) is 4.79 Å². The first kappa shape index (κ1) is 15.9. The van der Waals surface area contributed by atoms with Gasteiger partial charge in [0.1, 0.15) is 5.82 Å². The molecule has 0 spiro atoms. The number of unbranched alkanes of at least 4 members (excludes halogenated alkanes) is 1. The van der Waals surface area contributed by atoms with Crippen LogP contribution in [-0.4, -0.2) is 39.7 Å². The molecule has 1 fully saturated rings. The molecule has 0 aliphatic carbocycles. The smallest absolute Gasteiger partial charge is 0.410 e. The Hall–Kier alpha value is -1.52. The standard InChI is InChI=1S/C16H27N3O2/c1-4-5-9-18-11-8-17-15(18)14-7-6-10-19(12-14)16(20)21-13(2)3/h8,11,13-14H,4-7,9-10,12H2,1-3H3/t14-/m0/s1. The van der Waals surface area contributed by atoms with Crippen molar-refractivity contribution in [2.45, 2.75) is 65.0 Å². The zero-order valence-corrected chi connectivity index (χ0v) is 13.4. The molecule has 1 aliphatic heterocycles. The molecule has 1 atom stereocenters. The van der Waals surface area contributed by atoms with Gasteiger partial charge in [0.05, 0.1) is 6.10 Å². The lowest BCUT2D eigenvalue weighted by Crippen LogP contribution is -2.40. The minimum absolute atomic E-state index is 0.0654. The lowest BCUT2D eigenvalue weighted by Gasteiger charge is -2.32. The third-order valence-corrected chi connectivity index (χ3v) is 3.88. The van der Waals surface area contributed by atoms with E-state index in [0.717, 1.165) is 38.2 Å². The van der Waals surface area contributed by atoms with Crippen LogP contribution in [0.2, 0.25) is 0 Å². The second-order valence-electron chi connectivity index (χ2n) is 6.05. The van der Waals surface area contributed by atoms with Gasteiger partial charge in [-0.05, 0) is 33.1 Å². The van der Waals surface area contributed by atoms with Crippen molar-refractivity contribution in [3.05, 3.63) is 18.2 Å². The third-order valence-electron chi connectivity index (χ3n) is 3.88. The van der Waals surface area contributed by atoms with Gasteiger partial charge in [-0.1, -0.05) is 13.3 Å². The second-order valence-corrected chi connectivity index (χ2v) is 6.05. The molecule has 5 nitrogen and oxygen atoms in total. The van der Waals surface area contributed by atoms with E-state index in [4.69, 9.17) is 4.74 Å². The van der Waals surface area contributed by atoms with Crippen LogP contribution in [0.5, 0.6) is 0 Å². The highest BCUT2D eigenvalue weighted by Gasteiger charge is 2.28. The molecule has 0 aromatic carbocycles. The molecule has 0 radical (unpaired) electrons. The lowest BCUT2D eigenvalue weighted by molar-refractivity contribution is 0.0675. The fourth-order valence-corrected chi connectivity index (χ4v) is 2.83. The van der Waals surface area contributed by atoms with Crippen molar-refractivity contribution in [2.24, 2.45) is 0 Å². The number of piperidine rings is 1. The summed E-state index contributed by atoms with van der Waals surface area (Å²) in [5.41, 5.74) is 0. The molecule has 1 amide bonds. The molecule has 1 aromatic rings. The van der Waals surface area contributed by atoms with E-state index in [0.29, 0.717) is 12.5 Å². The number of amides is 1. The Labute approximate surface area is 127 Å². The van der Waals surface area contributed by atoms with Crippen molar-refractivity contribution < 1.29 is 9.53 Å². The molecule has 2 rings (SSSR count). The molecule has 2 heterocycles. The Kier molecular flexibility index (Phi) is 5.65. The number of aryl methyl sites for hydroxylation is 1. The maximum Gasteiger partial charge on any atom is 0.410 e. The fourth-order valence-electron chi connectivity index (χ4n) is 2.83. The van der Waals surface area contributed by atoms with Crippen LogP contribution in [0.15, 0.2) is 12.4 Å². The summed E-state index contributed by atoms with van der Waals surface area (Å²) < 4.78 is 7.55. The minimum Gasteiger partial charge on any atom is -0.447 e. The highest BCUT2D eigenvalue weighted by molar-refractivity contribution is 5.68. The molecular formula is C16H27N3O2. The molecule has 0 saturated carbocycles. The SMILES string of the molecule is CCCCn1ccnc1[C@H]1CCCN(C(=O)OC(C)C)C1. The van der Waals surface area contributed by atoms with Crippen molar-refractivity contribution in [3.8, 4) is 0 Å². The van der Waals surface area contributed by atoms with E-state index in [2.05, 4.69) is 22.7 Å². The van der Waals surface area contributed by atoms with E-state index in [-0.39, 0.29) is 12.2 Å². The Bertz CT molecular complexity index is 456. The first-order chi connectivity index (χ1) is 10.1. The van der Waals surface area contributed by atoms with Gasteiger partial charge in [-0.3, -0.25) is 0 Å². The zero-order chi connectivity index (χ0) is 15.2. The highest BCUT2D eigenvalue weighted by Crippen LogP contribution is 2.26. The predicted molar refractivity (Wildman–Crippen MR) is 82.3 cm³/mol. The number of hydrogen-bond donors (Lipinski definition) is 0. The summed E-state index contributed by atoms with van der Waals surface area (Å²) in [7, 11) is 0. The second kappa shape index (κ2) is 7.48. The Morgan fingerprint density at radius 3 is 3.05 bits per heavy atom. The molecule has 0 bridgehead atoms. The Morgan fingerprint density at radius 2 is 2.33 bits per heavy atom. The first-order valence-corrected chi connectivity index (χ1v) is 8.08. The number of aromatic nitrogens is 2. The summed E-state index contributed by atoms with van der Waals surface area (Å²) >= 11 is 0. The van der Waals surface area contributed by atoms with Crippen LogP contribution in [0, 0.1) is 0 Å². The zero-order valence-electron chi connectivity index (χ0n) is 13.4. The topological polar surface area (TPSA) is 47.4 Å². The van der Waals surface area contributed by atoms with Crippen LogP contribution < -0.4 is 0 Å². The van der Waals surface area contributed by atoms with Gasteiger partial charge in [0.15, 0.2) is 0 Å². The van der Waals surface area contributed by atoms with Crippen molar-refractivity contribution in [3.63, 3.8) is 0 Å². The Morgan fingerprint density at radius 1 is 1.52 bits per heavy atom. The number of carbonyl (C=O) groups is 1. The average molecular weight is 293 g/mol. The maximum atomic E-state index is 12.1. The number of hydrogen-bond acceptors (Lipinski definition) is 3. The molecule has 5 heteroatoms. The van der Waals surface area contributed by atoms with Crippen LogP contribution in [-0.2, 0) is 11.3 Å². The van der Waals surface area contributed by atoms with Crippen molar-refractivity contribution >= 4 is 6.09 Å². The van der Waals surface area contributed by atoms with Crippen molar-refractivity contribution in [2.75, 3.05) is 13.1 Å². The van der Waals surface area contributed by atoms with Gasteiger partial charge >= 0.3 is 6.09 Å². The lowest BCUT2D eigenvalue weighted by atomic mass is 9.97. The van der Waals surface area contributed by atoms with Crippen LogP contribution in [0.4, 0.5) is 4.79 Å². The van der Waals surface area contributed by atoms with Gasteiger partial charge < -0.3 is 14.2 Å². The van der Waals surface area contributed by atoms with E-state index < -0.39 is 0 Å². The van der Waals surface area contributed by atoms with Gasteiger partial charge in [0, 0.05) is 37.9 Å². The quantitative estimate of drug-likeness (QED) is 0.836. The van der Waals surface area contributed by atoms with Crippen LogP contribution in [0.1, 0.15) is 58.2 Å². The van der Waals surface area contributed by atoms with Crippen LogP contribution >= 0.6 is 0 Å². The summed E-state index contributed by atoms with van der Waals surface area (Å²) in [5, 5.41) is 0. The summed E-state index contributed by atoms with van der Waals surface area (Å²) in [6, 6.07) is 0. The molecule has 118 valence electrons. The van der Waals surface area contributed by atoms with Gasteiger partial charge in [-0.25, -0.2) is 9.78 Å². The molecule has 1 saturated heterocycles. The monoisotopic (exact) mass is 293 g/mol. The number of rotatable bonds is 5. The summed E-state index contributed by atoms with van der Waals surface area (Å²) in [5.74, 6) is 1.44. The number of ether oxygens (including phenoxy) is 1. The van der Waals surface area contributed by atoms with Crippen LogP contribution in [0.3, 0.4) is 0 Å². The first-order valence-electron chi connectivity index (χ1n) is 8.08. The average Bonchev–Trinajstić information content (AvgIpc) is 2.93. The molecule has 0 unspecified atom stereocenters. The van der Waals surface area contributed by atoms with Crippen molar-refractivity contribution in [1.29, 1.82) is 0 Å². The van der Waals surface area contributed by atoms with Gasteiger partial charge in [0.25, 0.3) is 0 Å². The number of likely N-dealkylation sites (tertiary alicyclic amines) is 1. The fraction of sp³-hybridized carbons (Fsp3) is 0.750. The molecule has 1 aliphatic rings. The maximum absolute atomic E-state index is 12.1. The normalized spacial score (nSPS) is 19.0. The Balaban J connectivity index is 2.00. The molecule has 0 N–H and O–H groups in total. The van der Waals surface area contributed by atoms with Crippen molar-refractivity contribution in [1.82, 2.24) is 14.5 Å². The highest BCUT2D eigenvalue weighted by atomic mass is 16.6. The van der Waals surface area contributed by atoms with E-state index in [1.54, 1.807) is 0 Å². The van der Waals surface area contributed by atoms with Crippen LogP contribution in [0.25, 0.3) is 0 Å². The van der Waals surface area contributed by atoms with E-state index >= 15 is 0 Å². The van der Waals surface area contributed by atoms with E-state index in [1.807, 2.05) is 24.9 Å². The minimum atomic E-state index is -0.193. The summed E-state index contributed by atoms with van der Waals surface area (Å²) in [4.78, 5) is 18.4.